The van der Waals surface area contributed by atoms with Crippen molar-refractivity contribution in [3.8, 4) is 5.75 Å². The van der Waals surface area contributed by atoms with Crippen LogP contribution in [0.1, 0.15) is 21.5 Å². The molecule has 0 saturated heterocycles. The van der Waals surface area contributed by atoms with Crippen molar-refractivity contribution in [1.82, 2.24) is 9.88 Å². The SMILES string of the molecule is COc1cnc(NS(C)(=O)=O)c2c1C(=O)N(Cc1ccc(F)cc1)CC2. The summed E-state index contributed by atoms with van der Waals surface area (Å²) in [5.74, 6) is -0.203. The summed E-state index contributed by atoms with van der Waals surface area (Å²) in [6.07, 6.45) is 2.77. The second-order valence-electron chi connectivity index (χ2n) is 6.01. The fourth-order valence-corrected chi connectivity index (χ4v) is 3.42. The highest BCUT2D eigenvalue weighted by Crippen LogP contribution is 2.32. The van der Waals surface area contributed by atoms with E-state index in [0.29, 0.717) is 30.6 Å². The molecule has 26 heavy (non-hydrogen) atoms. The average molecular weight is 379 g/mol. The van der Waals surface area contributed by atoms with Gasteiger partial charge in [0.05, 0.1) is 25.1 Å². The van der Waals surface area contributed by atoms with E-state index in [1.807, 2.05) is 0 Å². The Morgan fingerprint density at radius 1 is 1.31 bits per heavy atom. The Morgan fingerprint density at radius 3 is 2.62 bits per heavy atom. The first-order valence-electron chi connectivity index (χ1n) is 7.86. The van der Waals surface area contributed by atoms with Gasteiger partial charge in [-0.15, -0.1) is 0 Å². The predicted octanol–water partition coefficient (Wildman–Crippen LogP) is 1.80. The molecule has 0 fully saturated rings. The fraction of sp³-hybridized carbons (Fsp3) is 0.294. The van der Waals surface area contributed by atoms with Crippen molar-refractivity contribution in [1.29, 1.82) is 0 Å². The maximum atomic E-state index is 13.1. The molecule has 1 aromatic carbocycles. The first-order valence-corrected chi connectivity index (χ1v) is 9.75. The van der Waals surface area contributed by atoms with Crippen LogP contribution in [0, 0.1) is 5.82 Å². The smallest absolute Gasteiger partial charge is 0.258 e. The van der Waals surface area contributed by atoms with Crippen molar-refractivity contribution in [2.75, 3.05) is 24.6 Å². The van der Waals surface area contributed by atoms with Crippen LogP contribution in [0.2, 0.25) is 0 Å². The predicted molar refractivity (Wildman–Crippen MR) is 94.1 cm³/mol. The molecule has 1 aromatic heterocycles. The van der Waals surface area contributed by atoms with Crippen LogP contribution in [0.25, 0.3) is 0 Å². The number of hydrogen-bond donors (Lipinski definition) is 1. The number of nitrogens with zero attached hydrogens (tertiary/aromatic N) is 2. The number of halogens is 1. The molecule has 1 aliphatic heterocycles. The van der Waals surface area contributed by atoms with Crippen molar-refractivity contribution in [3.63, 3.8) is 0 Å². The molecule has 3 rings (SSSR count). The molecule has 0 atom stereocenters. The number of carbonyl (C=O) groups excluding carboxylic acids is 1. The van der Waals surface area contributed by atoms with Gasteiger partial charge >= 0.3 is 0 Å². The number of amides is 1. The van der Waals surface area contributed by atoms with Gasteiger partial charge < -0.3 is 9.64 Å². The van der Waals surface area contributed by atoms with Crippen LogP contribution in [0.3, 0.4) is 0 Å². The van der Waals surface area contributed by atoms with Gasteiger partial charge in [-0.2, -0.15) is 0 Å². The van der Waals surface area contributed by atoms with Crippen LogP contribution in [0.5, 0.6) is 5.75 Å². The lowest BCUT2D eigenvalue weighted by Gasteiger charge is -2.30. The number of nitrogens with one attached hydrogen (secondary N) is 1. The van der Waals surface area contributed by atoms with E-state index >= 15 is 0 Å². The molecular formula is C17H18FN3O4S. The molecule has 0 spiro atoms. The average Bonchev–Trinajstić information content (AvgIpc) is 2.58. The third-order valence-corrected chi connectivity index (χ3v) is 4.63. The maximum Gasteiger partial charge on any atom is 0.258 e. The normalized spacial score (nSPS) is 14.1. The van der Waals surface area contributed by atoms with Crippen LogP contribution in [0.4, 0.5) is 10.2 Å². The third-order valence-electron chi connectivity index (χ3n) is 4.07. The number of hydrogen-bond acceptors (Lipinski definition) is 5. The zero-order chi connectivity index (χ0) is 18.9. The molecule has 0 aliphatic carbocycles. The molecule has 2 aromatic rings. The molecule has 0 unspecified atom stereocenters. The van der Waals surface area contributed by atoms with E-state index in [0.717, 1.165) is 11.8 Å². The molecule has 138 valence electrons. The fourth-order valence-electron chi connectivity index (χ4n) is 2.90. The molecule has 9 heteroatoms. The highest BCUT2D eigenvalue weighted by Gasteiger charge is 2.31. The van der Waals surface area contributed by atoms with Crippen molar-refractivity contribution in [2.45, 2.75) is 13.0 Å². The Labute approximate surface area is 150 Å². The summed E-state index contributed by atoms with van der Waals surface area (Å²) in [6, 6.07) is 5.93. The first kappa shape index (κ1) is 18.1. The van der Waals surface area contributed by atoms with Crippen molar-refractivity contribution < 1.29 is 22.3 Å². The van der Waals surface area contributed by atoms with Crippen molar-refractivity contribution >= 4 is 21.7 Å². The number of ether oxygens (including phenoxy) is 1. The number of rotatable bonds is 5. The summed E-state index contributed by atoms with van der Waals surface area (Å²) in [5, 5.41) is 0. The topological polar surface area (TPSA) is 88.6 Å². The second kappa shape index (κ2) is 6.91. The van der Waals surface area contributed by atoms with E-state index in [9.17, 15) is 17.6 Å². The Morgan fingerprint density at radius 2 is 2.00 bits per heavy atom. The van der Waals surface area contributed by atoms with Gasteiger partial charge in [-0.05, 0) is 24.1 Å². The molecule has 2 heterocycles. The largest absolute Gasteiger partial charge is 0.494 e. The van der Waals surface area contributed by atoms with Crippen molar-refractivity contribution in [3.05, 3.63) is 53.0 Å². The van der Waals surface area contributed by atoms with Crippen LogP contribution < -0.4 is 9.46 Å². The lowest BCUT2D eigenvalue weighted by molar-refractivity contribution is 0.0723. The van der Waals surface area contributed by atoms with E-state index in [1.54, 1.807) is 17.0 Å². The summed E-state index contributed by atoms with van der Waals surface area (Å²) >= 11 is 0. The van der Waals surface area contributed by atoms with E-state index in [1.165, 1.54) is 25.4 Å². The van der Waals surface area contributed by atoms with Gasteiger partial charge in [0.25, 0.3) is 5.91 Å². The number of fused-ring (bicyclic) bond motifs is 1. The zero-order valence-corrected chi connectivity index (χ0v) is 15.1. The number of carbonyl (C=O) groups is 1. The number of benzene rings is 1. The van der Waals surface area contributed by atoms with Gasteiger partial charge in [0.15, 0.2) is 0 Å². The number of methoxy groups -OCH3 is 1. The highest BCUT2D eigenvalue weighted by atomic mass is 32.2. The summed E-state index contributed by atoms with van der Waals surface area (Å²) in [7, 11) is -2.10. The lowest BCUT2D eigenvalue weighted by atomic mass is 9.98. The Bertz CT molecular complexity index is 945. The number of sulfonamides is 1. The molecule has 1 aliphatic rings. The van der Waals surface area contributed by atoms with Gasteiger partial charge in [0.2, 0.25) is 10.0 Å². The molecular weight excluding hydrogens is 361 g/mol. The summed E-state index contributed by atoms with van der Waals surface area (Å²) in [6.45, 7) is 0.704. The standard InChI is InChI=1S/C17H18FN3O4S/c1-25-14-9-19-16(20-26(2,23)24)13-7-8-21(17(22)15(13)14)10-11-3-5-12(18)6-4-11/h3-6,9H,7-8,10H2,1-2H3,(H,19,20). The molecule has 0 bridgehead atoms. The van der Waals surface area contributed by atoms with Crippen LogP contribution >= 0.6 is 0 Å². The first-order chi connectivity index (χ1) is 12.3. The Balaban J connectivity index is 1.95. The van der Waals surface area contributed by atoms with Gasteiger partial charge in [0.1, 0.15) is 17.4 Å². The molecule has 0 radical (unpaired) electrons. The maximum absolute atomic E-state index is 13.1. The van der Waals surface area contributed by atoms with Crippen LogP contribution in [0.15, 0.2) is 30.5 Å². The summed E-state index contributed by atoms with van der Waals surface area (Å²) in [5.41, 5.74) is 1.60. The quantitative estimate of drug-likeness (QED) is 0.856. The molecule has 1 N–H and O–H groups in total. The number of aromatic nitrogens is 1. The Hall–Kier alpha value is -2.68. The van der Waals surface area contributed by atoms with E-state index in [4.69, 9.17) is 4.74 Å². The third kappa shape index (κ3) is 3.77. The summed E-state index contributed by atoms with van der Waals surface area (Å²) in [4.78, 5) is 18.6. The van der Waals surface area contributed by atoms with E-state index < -0.39 is 10.0 Å². The van der Waals surface area contributed by atoms with Gasteiger partial charge in [-0.3, -0.25) is 9.52 Å². The number of anilines is 1. The van der Waals surface area contributed by atoms with Gasteiger partial charge in [-0.1, -0.05) is 12.1 Å². The highest BCUT2D eigenvalue weighted by molar-refractivity contribution is 7.92. The van der Waals surface area contributed by atoms with Gasteiger partial charge in [0, 0.05) is 18.7 Å². The van der Waals surface area contributed by atoms with Crippen molar-refractivity contribution in [2.24, 2.45) is 0 Å². The molecule has 7 nitrogen and oxygen atoms in total. The minimum Gasteiger partial charge on any atom is -0.494 e. The minimum absolute atomic E-state index is 0.137. The zero-order valence-electron chi connectivity index (χ0n) is 14.3. The Kier molecular flexibility index (Phi) is 4.82. The van der Waals surface area contributed by atoms with Crippen LogP contribution in [-0.2, 0) is 23.0 Å². The number of pyridine rings is 1. The second-order valence-corrected chi connectivity index (χ2v) is 7.75. The minimum atomic E-state index is -3.53. The van der Waals surface area contributed by atoms with Crippen LogP contribution in [-0.4, -0.2) is 44.1 Å². The summed E-state index contributed by atoms with van der Waals surface area (Å²) < 4.78 is 43.7. The molecule has 0 saturated carbocycles. The monoisotopic (exact) mass is 379 g/mol. The molecule has 1 amide bonds. The van der Waals surface area contributed by atoms with Gasteiger partial charge in [-0.25, -0.2) is 17.8 Å². The van der Waals surface area contributed by atoms with E-state index in [-0.39, 0.29) is 23.3 Å². The lowest BCUT2D eigenvalue weighted by Crippen LogP contribution is -2.38. The van der Waals surface area contributed by atoms with E-state index in [2.05, 4.69) is 9.71 Å².